The number of hydrogen-bond donors (Lipinski definition) is 2. The predicted octanol–water partition coefficient (Wildman–Crippen LogP) is 7.08. The molecule has 0 radical (unpaired) electrons. The molecule has 2 heterocycles. The van der Waals surface area contributed by atoms with Crippen LogP contribution in [0.2, 0.25) is 10.0 Å². The fourth-order valence-corrected chi connectivity index (χ4v) is 4.94. The van der Waals surface area contributed by atoms with Gasteiger partial charge in [0, 0.05) is 28.4 Å². The number of nitrogens with zero attached hydrogens (tertiary/aromatic N) is 3. The van der Waals surface area contributed by atoms with Gasteiger partial charge in [-0.25, -0.2) is 14.4 Å². The summed E-state index contributed by atoms with van der Waals surface area (Å²) in [4.78, 5) is 24.0. The zero-order chi connectivity index (χ0) is 25.9. The summed E-state index contributed by atoms with van der Waals surface area (Å²) >= 11 is 12.3. The molecule has 1 unspecified atom stereocenters. The van der Waals surface area contributed by atoms with Crippen LogP contribution in [-0.2, 0) is 4.79 Å². The molecule has 1 saturated heterocycles. The summed E-state index contributed by atoms with van der Waals surface area (Å²) in [6.07, 6.45) is 7.03. The maximum atomic E-state index is 14.7. The lowest BCUT2D eigenvalue weighted by Gasteiger charge is -2.17. The Morgan fingerprint density at radius 3 is 2.73 bits per heavy atom. The highest BCUT2D eigenvalue weighted by Crippen LogP contribution is 2.40. The monoisotopic (exact) mass is 535 g/mol. The summed E-state index contributed by atoms with van der Waals surface area (Å²) in [5, 5.41) is 7.18. The Bertz CT molecular complexity index is 1510. The van der Waals surface area contributed by atoms with E-state index in [0.717, 1.165) is 24.9 Å². The van der Waals surface area contributed by atoms with Crippen molar-refractivity contribution in [2.75, 3.05) is 24.2 Å². The lowest BCUT2D eigenvalue weighted by molar-refractivity contribution is -0.111. The third kappa shape index (κ3) is 5.44. The molecule has 0 bridgehead atoms. The number of anilines is 3. The smallest absolute Gasteiger partial charge is 0.248 e. The fourth-order valence-electron chi connectivity index (χ4n) is 4.58. The molecule has 188 valence electrons. The minimum atomic E-state index is -0.591. The number of amides is 1. The molecule has 1 amide bonds. The lowest BCUT2D eigenvalue weighted by atomic mass is 9.98. The number of fused-ring (bicyclic) bond motifs is 1. The summed E-state index contributed by atoms with van der Waals surface area (Å²) in [5.41, 5.74) is 2.73. The van der Waals surface area contributed by atoms with Crippen LogP contribution in [-0.4, -0.2) is 40.4 Å². The minimum Gasteiger partial charge on any atom is -0.337 e. The van der Waals surface area contributed by atoms with E-state index in [-0.39, 0.29) is 22.7 Å². The molecule has 1 aliphatic heterocycles. The van der Waals surface area contributed by atoms with Gasteiger partial charge in [-0.3, -0.25) is 9.69 Å². The molecule has 0 aliphatic carbocycles. The van der Waals surface area contributed by atoms with Crippen LogP contribution in [0.4, 0.5) is 21.6 Å². The standard InChI is InChI=1S/C28H24Cl2FN5O/c1-36-14-4-7-19(36)10-13-24(37)34-22-12-11-21-26(25(22)17-5-2-6-18(29)15-17)28(33-16-32-21)35-23-9-3-8-20(30)27(23)31/h2-3,5-6,8-13,15-16,19H,4,7,14H2,1H3,(H,34,37)(H,32,33,35)/b13-10+. The number of carbonyl (C=O) groups is 1. The number of rotatable bonds is 6. The highest BCUT2D eigenvalue weighted by Gasteiger charge is 2.20. The van der Waals surface area contributed by atoms with E-state index >= 15 is 0 Å². The molecule has 37 heavy (non-hydrogen) atoms. The summed E-state index contributed by atoms with van der Waals surface area (Å²) < 4.78 is 14.7. The summed E-state index contributed by atoms with van der Waals surface area (Å²) in [6.45, 7) is 1.02. The Kier molecular flexibility index (Phi) is 7.37. The first-order valence-electron chi connectivity index (χ1n) is 11.8. The first-order valence-corrected chi connectivity index (χ1v) is 12.6. The van der Waals surface area contributed by atoms with Crippen LogP contribution in [0.3, 0.4) is 0 Å². The van der Waals surface area contributed by atoms with Crippen LogP contribution in [0.5, 0.6) is 0 Å². The van der Waals surface area contributed by atoms with E-state index in [1.54, 1.807) is 42.5 Å². The summed E-state index contributed by atoms with van der Waals surface area (Å²) in [5.74, 6) is -0.484. The van der Waals surface area contributed by atoms with Gasteiger partial charge in [0.2, 0.25) is 5.91 Å². The molecule has 4 aromatic rings. The minimum absolute atomic E-state index is 0.00827. The molecule has 1 atom stereocenters. The second-order valence-electron chi connectivity index (χ2n) is 8.88. The van der Waals surface area contributed by atoms with Crippen molar-refractivity contribution in [1.29, 1.82) is 0 Å². The molecule has 9 heteroatoms. The molecular formula is C28H24Cl2FN5O. The Morgan fingerprint density at radius 2 is 1.95 bits per heavy atom. The van der Waals surface area contributed by atoms with Gasteiger partial charge < -0.3 is 10.6 Å². The van der Waals surface area contributed by atoms with Gasteiger partial charge in [-0.15, -0.1) is 0 Å². The third-order valence-corrected chi connectivity index (χ3v) is 6.95. The third-order valence-electron chi connectivity index (χ3n) is 6.43. The Labute approximate surface area is 224 Å². The quantitative estimate of drug-likeness (QED) is 0.258. The van der Waals surface area contributed by atoms with Crippen molar-refractivity contribution in [1.82, 2.24) is 14.9 Å². The Morgan fingerprint density at radius 1 is 1.11 bits per heavy atom. The van der Waals surface area contributed by atoms with Gasteiger partial charge in [-0.1, -0.05) is 47.5 Å². The zero-order valence-corrected chi connectivity index (χ0v) is 21.5. The van der Waals surface area contributed by atoms with Gasteiger partial charge in [0.05, 0.1) is 21.6 Å². The number of likely N-dealkylation sites (tertiary alicyclic amines) is 1. The number of hydrogen-bond acceptors (Lipinski definition) is 5. The van der Waals surface area contributed by atoms with Gasteiger partial charge in [-0.2, -0.15) is 0 Å². The van der Waals surface area contributed by atoms with Gasteiger partial charge in [-0.05, 0) is 68.4 Å². The van der Waals surface area contributed by atoms with E-state index in [2.05, 4.69) is 32.5 Å². The Hall–Kier alpha value is -3.52. The average molecular weight is 536 g/mol. The average Bonchev–Trinajstić information content (AvgIpc) is 3.30. The van der Waals surface area contributed by atoms with E-state index in [1.807, 2.05) is 18.2 Å². The SMILES string of the molecule is CN1CCCC1/C=C/C(=O)Nc1ccc2ncnc(Nc3cccc(Cl)c3F)c2c1-c1cccc(Cl)c1. The van der Waals surface area contributed by atoms with E-state index in [4.69, 9.17) is 23.2 Å². The van der Waals surface area contributed by atoms with E-state index in [9.17, 15) is 9.18 Å². The topological polar surface area (TPSA) is 70.2 Å². The largest absolute Gasteiger partial charge is 0.337 e. The first kappa shape index (κ1) is 25.1. The van der Waals surface area contributed by atoms with Crippen molar-refractivity contribution in [3.05, 3.63) is 88.9 Å². The number of aromatic nitrogens is 2. The second-order valence-corrected chi connectivity index (χ2v) is 9.72. The van der Waals surface area contributed by atoms with Crippen LogP contribution >= 0.6 is 23.2 Å². The van der Waals surface area contributed by atoms with E-state index in [0.29, 0.717) is 33.0 Å². The van der Waals surface area contributed by atoms with Crippen molar-refractivity contribution in [3.63, 3.8) is 0 Å². The van der Waals surface area contributed by atoms with Crippen molar-refractivity contribution in [3.8, 4) is 11.1 Å². The number of likely N-dealkylation sites (N-methyl/N-ethyl adjacent to an activating group) is 1. The molecular weight excluding hydrogens is 512 g/mol. The van der Waals surface area contributed by atoms with Gasteiger partial charge in [0.25, 0.3) is 0 Å². The molecule has 0 saturated carbocycles. The summed E-state index contributed by atoms with van der Waals surface area (Å²) in [7, 11) is 2.05. The van der Waals surface area contributed by atoms with Gasteiger partial charge in [0.1, 0.15) is 12.1 Å². The maximum absolute atomic E-state index is 14.7. The predicted molar refractivity (Wildman–Crippen MR) is 148 cm³/mol. The van der Waals surface area contributed by atoms with E-state index in [1.165, 1.54) is 12.4 Å². The molecule has 6 nitrogen and oxygen atoms in total. The van der Waals surface area contributed by atoms with Crippen molar-refractivity contribution < 1.29 is 9.18 Å². The number of benzene rings is 3. The van der Waals surface area contributed by atoms with Gasteiger partial charge in [0.15, 0.2) is 5.82 Å². The zero-order valence-electron chi connectivity index (χ0n) is 20.0. The molecule has 2 N–H and O–H groups in total. The molecule has 1 aliphatic rings. The van der Waals surface area contributed by atoms with Crippen molar-refractivity contribution in [2.45, 2.75) is 18.9 Å². The molecule has 5 rings (SSSR count). The normalized spacial score (nSPS) is 15.9. The maximum Gasteiger partial charge on any atom is 0.248 e. The van der Waals surface area contributed by atoms with Crippen molar-refractivity contribution in [2.24, 2.45) is 0 Å². The second kappa shape index (κ2) is 10.8. The van der Waals surface area contributed by atoms with Crippen LogP contribution in [0.15, 0.2) is 73.1 Å². The van der Waals surface area contributed by atoms with Gasteiger partial charge >= 0.3 is 0 Å². The van der Waals surface area contributed by atoms with Crippen LogP contribution in [0.25, 0.3) is 22.0 Å². The molecule has 1 fully saturated rings. The van der Waals surface area contributed by atoms with Crippen LogP contribution in [0, 0.1) is 5.82 Å². The molecule has 3 aromatic carbocycles. The summed E-state index contributed by atoms with van der Waals surface area (Å²) in [6, 6.07) is 15.8. The number of carbonyl (C=O) groups excluding carboxylic acids is 1. The first-order chi connectivity index (χ1) is 17.9. The highest BCUT2D eigenvalue weighted by molar-refractivity contribution is 6.31. The Balaban J connectivity index is 1.61. The fraction of sp³-hybridized carbons (Fsp3) is 0.179. The molecule has 1 aromatic heterocycles. The van der Waals surface area contributed by atoms with Crippen LogP contribution in [0.1, 0.15) is 12.8 Å². The number of halogens is 3. The van der Waals surface area contributed by atoms with E-state index < -0.39 is 5.82 Å². The van der Waals surface area contributed by atoms with Crippen molar-refractivity contribution >= 4 is 57.2 Å². The highest BCUT2D eigenvalue weighted by atomic mass is 35.5. The van der Waals surface area contributed by atoms with Crippen LogP contribution < -0.4 is 10.6 Å². The number of nitrogens with one attached hydrogen (secondary N) is 2. The molecule has 0 spiro atoms. The lowest BCUT2D eigenvalue weighted by Crippen LogP contribution is -2.23.